The molecular formula is C19H28N4O5. The largest absolute Gasteiger partial charge is 0.492 e. The zero-order chi connectivity index (χ0) is 20.5. The van der Waals surface area contributed by atoms with Gasteiger partial charge >= 0.3 is 12.0 Å². The maximum atomic E-state index is 12.2. The molecule has 1 fully saturated rings. The van der Waals surface area contributed by atoms with Crippen LogP contribution in [0.2, 0.25) is 0 Å². The molecule has 0 aliphatic carbocycles. The van der Waals surface area contributed by atoms with E-state index in [0.717, 1.165) is 5.56 Å². The lowest BCUT2D eigenvalue weighted by molar-refractivity contribution is -0.138. The van der Waals surface area contributed by atoms with E-state index in [1.165, 1.54) is 0 Å². The molecule has 9 heteroatoms. The number of carbonyl (C=O) groups is 3. The van der Waals surface area contributed by atoms with Crippen molar-refractivity contribution >= 4 is 17.8 Å². The maximum Gasteiger partial charge on any atom is 0.320 e. The molecule has 28 heavy (non-hydrogen) atoms. The van der Waals surface area contributed by atoms with Crippen molar-refractivity contribution in [2.24, 2.45) is 5.73 Å². The first-order valence-electron chi connectivity index (χ1n) is 9.30. The van der Waals surface area contributed by atoms with Gasteiger partial charge in [-0.1, -0.05) is 12.1 Å². The quantitative estimate of drug-likeness (QED) is 0.503. The SMILES string of the molecule is CC(=O)CN1CCN(C(=O)NCCOc2ccc(C[C@H](N)C(=O)O)cc2)CC1. The van der Waals surface area contributed by atoms with Gasteiger partial charge in [-0.2, -0.15) is 0 Å². The third-order valence-electron chi connectivity index (χ3n) is 4.45. The van der Waals surface area contributed by atoms with Gasteiger partial charge in [0, 0.05) is 26.2 Å². The highest BCUT2D eigenvalue weighted by Gasteiger charge is 2.21. The Morgan fingerprint density at radius 2 is 1.82 bits per heavy atom. The highest BCUT2D eigenvalue weighted by atomic mass is 16.5. The molecule has 1 saturated heterocycles. The van der Waals surface area contributed by atoms with E-state index in [4.69, 9.17) is 15.6 Å². The topological polar surface area (TPSA) is 125 Å². The summed E-state index contributed by atoms with van der Waals surface area (Å²) in [4.78, 5) is 37.8. The number of aliphatic carboxylic acids is 1. The number of hydrogen-bond donors (Lipinski definition) is 3. The van der Waals surface area contributed by atoms with Crippen molar-refractivity contribution in [2.75, 3.05) is 45.9 Å². The van der Waals surface area contributed by atoms with Crippen LogP contribution in [0.15, 0.2) is 24.3 Å². The third kappa shape index (κ3) is 7.16. The number of carboxylic acid groups (broad SMARTS) is 1. The van der Waals surface area contributed by atoms with Crippen molar-refractivity contribution < 1.29 is 24.2 Å². The molecule has 154 valence electrons. The van der Waals surface area contributed by atoms with Gasteiger partial charge in [0.05, 0.1) is 13.1 Å². The van der Waals surface area contributed by atoms with Gasteiger partial charge in [-0.05, 0) is 31.0 Å². The molecule has 1 aromatic rings. The summed E-state index contributed by atoms with van der Waals surface area (Å²) in [5.74, 6) is -0.260. The van der Waals surface area contributed by atoms with Gasteiger partial charge in [0.2, 0.25) is 0 Å². The molecule has 1 heterocycles. The lowest BCUT2D eigenvalue weighted by Gasteiger charge is -2.34. The minimum atomic E-state index is -1.03. The molecule has 0 saturated carbocycles. The average Bonchev–Trinajstić information content (AvgIpc) is 2.66. The van der Waals surface area contributed by atoms with Crippen LogP contribution in [0.25, 0.3) is 0 Å². The predicted molar refractivity (Wildman–Crippen MR) is 103 cm³/mol. The number of piperazine rings is 1. The van der Waals surface area contributed by atoms with Crippen LogP contribution >= 0.6 is 0 Å². The van der Waals surface area contributed by atoms with Crippen molar-refractivity contribution in [3.63, 3.8) is 0 Å². The standard InChI is InChI=1S/C19H28N4O5/c1-14(24)13-22-7-9-23(10-8-22)19(27)21-6-11-28-16-4-2-15(3-5-16)12-17(20)18(25)26/h2-5,17H,6-13,20H2,1H3,(H,21,27)(H,25,26)/t17-/m0/s1. The van der Waals surface area contributed by atoms with Crippen LogP contribution in [0.1, 0.15) is 12.5 Å². The Kier molecular flexibility index (Phi) is 8.21. The van der Waals surface area contributed by atoms with Crippen LogP contribution in [0, 0.1) is 0 Å². The molecule has 4 N–H and O–H groups in total. The monoisotopic (exact) mass is 392 g/mol. The number of ether oxygens (including phenoxy) is 1. The van der Waals surface area contributed by atoms with Crippen molar-refractivity contribution in [1.29, 1.82) is 0 Å². The molecule has 0 radical (unpaired) electrons. The summed E-state index contributed by atoms with van der Waals surface area (Å²) in [6, 6.07) is 5.99. The number of amides is 2. The molecule has 1 aliphatic rings. The Balaban J connectivity index is 1.64. The molecule has 1 aromatic carbocycles. The number of nitrogens with zero attached hydrogens (tertiary/aromatic N) is 2. The van der Waals surface area contributed by atoms with Crippen molar-refractivity contribution in [1.82, 2.24) is 15.1 Å². The second-order valence-electron chi connectivity index (χ2n) is 6.84. The molecular weight excluding hydrogens is 364 g/mol. The molecule has 2 amide bonds. The normalized spacial score (nSPS) is 15.7. The summed E-state index contributed by atoms with van der Waals surface area (Å²) in [7, 11) is 0. The van der Waals surface area contributed by atoms with E-state index in [0.29, 0.717) is 51.6 Å². The van der Waals surface area contributed by atoms with Crippen LogP contribution in [-0.2, 0) is 16.0 Å². The summed E-state index contributed by atoms with van der Waals surface area (Å²) >= 11 is 0. The van der Waals surface area contributed by atoms with Crippen LogP contribution < -0.4 is 15.8 Å². The predicted octanol–water partition coefficient (Wildman–Crippen LogP) is -0.0640. The van der Waals surface area contributed by atoms with Crippen molar-refractivity contribution in [2.45, 2.75) is 19.4 Å². The molecule has 1 aliphatic heterocycles. The van der Waals surface area contributed by atoms with E-state index < -0.39 is 12.0 Å². The third-order valence-corrected chi connectivity index (χ3v) is 4.45. The first-order valence-corrected chi connectivity index (χ1v) is 9.30. The summed E-state index contributed by atoms with van der Waals surface area (Å²) in [5, 5.41) is 11.6. The maximum absolute atomic E-state index is 12.2. The van der Waals surface area contributed by atoms with Gasteiger partial charge < -0.3 is 25.8 Å². The fraction of sp³-hybridized carbons (Fsp3) is 0.526. The smallest absolute Gasteiger partial charge is 0.320 e. The first-order chi connectivity index (χ1) is 13.3. The van der Waals surface area contributed by atoms with E-state index in [1.54, 1.807) is 36.1 Å². The van der Waals surface area contributed by atoms with Gasteiger partial charge in [0.15, 0.2) is 0 Å². The van der Waals surface area contributed by atoms with Gasteiger partial charge in [-0.3, -0.25) is 14.5 Å². The lowest BCUT2D eigenvalue weighted by Crippen LogP contribution is -2.52. The minimum absolute atomic E-state index is 0.132. The lowest BCUT2D eigenvalue weighted by atomic mass is 10.1. The van der Waals surface area contributed by atoms with Gasteiger partial charge in [0.1, 0.15) is 24.2 Å². The zero-order valence-corrected chi connectivity index (χ0v) is 16.1. The van der Waals surface area contributed by atoms with Gasteiger partial charge in [0.25, 0.3) is 0 Å². The number of ketones is 1. The number of urea groups is 1. The molecule has 0 unspecified atom stereocenters. The molecule has 0 spiro atoms. The second kappa shape index (κ2) is 10.6. The van der Waals surface area contributed by atoms with E-state index >= 15 is 0 Å². The number of carboxylic acids is 1. The number of hydrogen-bond acceptors (Lipinski definition) is 6. The fourth-order valence-electron chi connectivity index (χ4n) is 2.93. The number of rotatable bonds is 9. The zero-order valence-electron chi connectivity index (χ0n) is 16.1. The Bertz CT molecular complexity index is 671. The molecule has 1 atom stereocenters. The number of Topliss-reactive ketones (excluding diaryl/α,β-unsaturated/α-hetero) is 1. The van der Waals surface area contributed by atoms with E-state index in [9.17, 15) is 14.4 Å². The Labute approximate surface area is 164 Å². The van der Waals surface area contributed by atoms with Gasteiger partial charge in [-0.15, -0.1) is 0 Å². The molecule has 2 rings (SSSR count). The molecule has 0 aromatic heterocycles. The van der Waals surface area contributed by atoms with E-state index in [-0.39, 0.29) is 18.2 Å². The first kappa shape index (κ1) is 21.6. The number of nitrogens with one attached hydrogen (secondary N) is 1. The highest BCUT2D eigenvalue weighted by molar-refractivity contribution is 5.77. The number of benzene rings is 1. The van der Waals surface area contributed by atoms with Gasteiger partial charge in [-0.25, -0.2) is 4.79 Å². The van der Waals surface area contributed by atoms with Crippen LogP contribution in [0.5, 0.6) is 5.75 Å². The summed E-state index contributed by atoms with van der Waals surface area (Å²) in [6.45, 7) is 5.28. The van der Waals surface area contributed by atoms with Crippen molar-refractivity contribution in [3.05, 3.63) is 29.8 Å². The van der Waals surface area contributed by atoms with Crippen LogP contribution in [0.3, 0.4) is 0 Å². The van der Waals surface area contributed by atoms with Crippen molar-refractivity contribution in [3.8, 4) is 5.75 Å². The Morgan fingerprint density at radius 1 is 1.18 bits per heavy atom. The fourth-order valence-corrected chi connectivity index (χ4v) is 2.93. The summed E-state index contributed by atoms with van der Waals surface area (Å²) in [5.41, 5.74) is 6.33. The number of nitrogens with two attached hydrogens (primary N) is 1. The summed E-state index contributed by atoms with van der Waals surface area (Å²) in [6.07, 6.45) is 0.255. The Morgan fingerprint density at radius 3 is 2.39 bits per heavy atom. The molecule has 9 nitrogen and oxygen atoms in total. The van der Waals surface area contributed by atoms with E-state index in [1.807, 2.05) is 4.90 Å². The van der Waals surface area contributed by atoms with E-state index in [2.05, 4.69) is 5.32 Å². The second-order valence-corrected chi connectivity index (χ2v) is 6.84. The number of carbonyl (C=O) groups excluding carboxylic acids is 2. The summed E-state index contributed by atoms with van der Waals surface area (Å²) < 4.78 is 5.59. The highest BCUT2D eigenvalue weighted by Crippen LogP contribution is 2.13. The minimum Gasteiger partial charge on any atom is -0.492 e. The average molecular weight is 392 g/mol. The van der Waals surface area contributed by atoms with Crippen LogP contribution in [-0.4, -0.2) is 84.6 Å². The Hall–Kier alpha value is -2.65. The molecule has 0 bridgehead atoms. The van der Waals surface area contributed by atoms with Crippen LogP contribution in [0.4, 0.5) is 4.79 Å².